The van der Waals surface area contributed by atoms with Crippen LogP contribution in [-0.4, -0.2) is 57.1 Å². The van der Waals surface area contributed by atoms with Crippen LogP contribution in [0.25, 0.3) is 5.69 Å². The topological polar surface area (TPSA) is 78.6 Å². The highest BCUT2D eigenvalue weighted by atomic mass is 16.3. The van der Waals surface area contributed by atoms with E-state index in [-0.39, 0.29) is 32.2 Å². The molecule has 1 aromatic carbocycles. The number of hydrogen-bond donors (Lipinski definition) is 2. The van der Waals surface area contributed by atoms with Crippen molar-refractivity contribution < 1.29 is 15.0 Å². The lowest BCUT2D eigenvalue weighted by Gasteiger charge is -2.19. The zero-order valence-electron chi connectivity index (χ0n) is 13.9. The molecule has 0 atom stereocenters. The van der Waals surface area contributed by atoms with E-state index in [0.717, 1.165) is 36.2 Å². The Kier molecular flexibility index (Phi) is 4.97. The van der Waals surface area contributed by atoms with Crippen LogP contribution in [0, 0.1) is 6.92 Å². The first-order chi connectivity index (χ1) is 11.7. The van der Waals surface area contributed by atoms with Crippen LogP contribution in [0.3, 0.4) is 0 Å². The lowest BCUT2D eigenvalue weighted by molar-refractivity contribution is 0.0677. The van der Waals surface area contributed by atoms with Gasteiger partial charge in [-0.1, -0.05) is 17.7 Å². The van der Waals surface area contributed by atoms with Crippen molar-refractivity contribution in [3.05, 3.63) is 46.8 Å². The third-order valence-corrected chi connectivity index (χ3v) is 4.44. The Bertz CT molecular complexity index is 716. The highest BCUT2D eigenvalue weighted by Gasteiger charge is 2.29. The predicted octanol–water partition coefficient (Wildman–Crippen LogP) is 1.10. The van der Waals surface area contributed by atoms with E-state index in [1.165, 1.54) is 10.5 Å². The molecule has 0 fully saturated rings. The Morgan fingerprint density at radius 1 is 1.17 bits per heavy atom. The second-order valence-corrected chi connectivity index (χ2v) is 6.11. The molecule has 0 aliphatic heterocycles. The quantitative estimate of drug-likeness (QED) is 0.832. The fourth-order valence-corrected chi connectivity index (χ4v) is 3.21. The molecule has 0 unspecified atom stereocenters. The molecule has 6 nitrogen and oxygen atoms in total. The van der Waals surface area contributed by atoms with Gasteiger partial charge in [-0.3, -0.25) is 4.79 Å². The first-order valence-electron chi connectivity index (χ1n) is 8.34. The van der Waals surface area contributed by atoms with Crippen LogP contribution < -0.4 is 0 Å². The molecule has 1 aliphatic rings. The predicted molar refractivity (Wildman–Crippen MR) is 90.4 cm³/mol. The normalized spacial score (nSPS) is 13.1. The smallest absolute Gasteiger partial charge is 0.274 e. The number of hydrogen-bond acceptors (Lipinski definition) is 4. The summed E-state index contributed by atoms with van der Waals surface area (Å²) in [6.07, 6.45) is 2.76. The maximum Gasteiger partial charge on any atom is 0.274 e. The fourth-order valence-electron chi connectivity index (χ4n) is 3.21. The summed E-state index contributed by atoms with van der Waals surface area (Å²) in [5.74, 6) is -0.220. The molecule has 6 heteroatoms. The number of fused-ring (bicyclic) bond motifs is 1. The van der Waals surface area contributed by atoms with Crippen molar-refractivity contribution in [2.24, 2.45) is 0 Å². The van der Waals surface area contributed by atoms with Gasteiger partial charge in [0.25, 0.3) is 5.91 Å². The van der Waals surface area contributed by atoms with Crippen LogP contribution in [0.15, 0.2) is 24.3 Å². The minimum atomic E-state index is -0.220. The molecule has 0 saturated carbocycles. The SMILES string of the molecule is Cc1ccc(-n2nc(C(=O)N(CCO)CCO)c3c2CCC3)cc1. The standard InChI is InChI=1S/C18H23N3O3/c1-13-5-7-14(8-6-13)21-16-4-2-3-15(16)17(19-21)18(24)20(9-11-22)10-12-23/h5-8,22-23H,2-4,9-12H2,1H3. The second-order valence-electron chi connectivity index (χ2n) is 6.11. The number of aryl methyl sites for hydroxylation is 1. The molecule has 0 spiro atoms. The summed E-state index contributed by atoms with van der Waals surface area (Å²) in [4.78, 5) is 14.3. The molecule has 1 amide bonds. The molecule has 128 valence electrons. The van der Waals surface area contributed by atoms with E-state index in [0.29, 0.717) is 5.69 Å². The third kappa shape index (κ3) is 3.07. The minimum absolute atomic E-state index is 0.132. The van der Waals surface area contributed by atoms with Crippen molar-refractivity contribution >= 4 is 5.91 Å². The Balaban J connectivity index is 1.99. The van der Waals surface area contributed by atoms with Crippen molar-refractivity contribution in [1.82, 2.24) is 14.7 Å². The summed E-state index contributed by atoms with van der Waals surface area (Å²) < 4.78 is 1.87. The molecule has 1 aliphatic carbocycles. The Labute approximate surface area is 141 Å². The maximum atomic E-state index is 12.8. The summed E-state index contributed by atoms with van der Waals surface area (Å²) in [5.41, 5.74) is 4.67. The van der Waals surface area contributed by atoms with Crippen LogP contribution in [0.1, 0.15) is 33.7 Å². The van der Waals surface area contributed by atoms with Gasteiger partial charge in [-0.05, 0) is 38.3 Å². The molecule has 2 aromatic rings. The summed E-state index contributed by atoms with van der Waals surface area (Å²) in [6, 6.07) is 8.08. The zero-order chi connectivity index (χ0) is 17.1. The van der Waals surface area contributed by atoms with E-state index in [2.05, 4.69) is 5.10 Å². The second kappa shape index (κ2) is 7.15. The highest BCUT2D eigenvalue weighted by molar-refractivity contribution is 5.94. The average molecular weight is 329 g/mol. The van der Waals surface area contributed by atoms with Crippen LogP contribution >= 0.6 is 0 Å². The van der Waals surface area contributed by atoms with Gasteiger partial charge in [0, 0.05) is 24.3 Å². The average Bonchev–Trinajstić information content (AvgIpc) is 3.17. The minimum Gasteiger partial charge on any atom is -0.395 e. The number of carbonyl (C=O) groups excluding carboxylic acids is 1. The van der Waals surface area contributed by atoms with Crippen molar-refractivity contribution in [3.8, 4) is 5.69 Å². The number of aliphatic hydroxyl groups is 2. The van der Waals surface area contributed by atoms with E-state index in [1.807, 2.05) is 35.9 Å². The lowest BCUT2D eigenvalue weighted by atomic mass is 10.2. The molecule has 3 rings (SSSR count). The monoisotopic (exact) mass is 329 g/mol. The van der Waals surface area contributed by atoms with Gasteiger partial charge in [-0.15, -0.1) is 0 Å². The number of aromatic nitrogens is 2. The largest absolute Gasteiger partial charge is 0.395 e. The van der Waals surface area contributed by atoms with Gasteiger partial charge in [-0.25, -0.2) is 4.68 Å². The number of carbonyl (C=O) groups is 1. The summed E-state index contributed by atoms with van der Waals surface area (Å²) in [7, 11) is 0. The van der Waals surface area contributed by atoms with E-state index >= 15 is 0 Å². The van der Waals surface area contributed by atoms with Crippen molar-refractivity contribution in [2.75, 3.05) is 26.3 Å². The van der Waals surface area contributed by atoms with E-state index in [4.69, 9.17) is 10.2 Å². The zero-order valence-corrected chi connectivity index (χ0v) is 13.9. The van der Waals surface area contributed by atoms with E-state index < -0.39 is 0 Å². The molecule has 2 N–H and O–H groups in total. The number of amides is 1. The molecule has 0 saturated heterocycles. The van der Waals surface area contributed by atoms with Gasteiger partial charge in [0.1, 0.15) is 0 Å². The summed E-state index contributed by atoms with van der Waals surface area (Å²) in [5, 5.41) is 22.9. The molecule has 0 radical (unpaired) electrons. The van der Waals surface area contributed by atoms with Crippen LogP contribution in [0.2, 0.25) is 0 Å². The highest BCUT2D eigenvalue weighted by Crippen LogP contribution is 2.28. The number of rotatable bonds is 6. The summed E-state index contributed by atoms with van der Waals surface area (Å²) >= 11 is 0. The van der Waals surface area contributed by atoms with Gasteiger partial charge in [0.05, 0.1) is 18.9 Å². The molecular weight excluding hydrogens is 306 g/mol. The van der Waals surface area contributed by atoms with Crippen molar-refractivity contribution in [1.29, 1.82) is 0 Å². The van der Waals surface area contributed by atoms with Gasteiger partial charge in [-0.2, -0.15) is 5.10 Å². The molecule has 1 heterocycles. The first kappa shape index (κ1) is 16.7. The van der Waals surface area contributed by atoms with E-state index in [1.54, 1.807) is 0 Å². The molecule has 24 heavy (non-hydrogen) atoms. The van der Waals surface area contributed by atoms with Gasteiger partial charge >= 0.3 is 0 Å². The van der Waals surface area contributed by atoms with Gasteiger partial charge < -0.3 is 15.1 Å². The lowest BCUT2D eigenvalue weighted by Crippen LogP contribution is -2.36. The molecule has 0 bridgehead atoms. The molecule has 1 aromatic heterocycles. The Morgan fingerprint density at radius 2 is 1.83 bits per heavy atom. The third-order valence-electron chi connectivity index (χ3n) is 4.44. The molecular formula is C18H23N3O3. The van der Waals surface area contributed by atoms with Crippen molar-refractivity contribution in [3.63, 3.8) is 0 Å². The number of aliphatic hydroxyl groups excluding tert-OH is 2. The van der Waals surface area contributed by atoms with Gasteiger partial charge in [0.2, 0.25) is 0 Å². The number of benzene rings is 1. The maximum absolute atomic E-state index is 12.8. The Hall–Kier alpha value is -2.18. The fraction of sp³-hybridized carbons (Fsp3) is 0.444. The van der Waals surface area contributed by atoms with Gasteiger partial charge in [0.15, 0.2) is 5.69 Å². The number of nitrogens with zero attached hydrogens (tertiary/aromatic N) is 3. The van der Waals surface area contributed by atoms with Crippen molar-refractivity contribution in [2.45, 2.75) is 26.2 Å². The van der Waals surface area contributed by atoms with Crippen LogP contribution in [0.4, 0.5) is 0 Å². The first-order valence-corrected chi connectivity index (χ1v) is 8.34. The van der Waals surface area contributed by atoms with Crippen LogP contribution in [-0.2, 0) is 12.8 Å². The van der Waals surface area contributed by atoms with E-state index in [9.17, 15) is 4.79 Å². The Morgan fingerprint density at radius 3 is 2.46 bits per heavy atom. The van der Waals surface area contributed by atoms with Crippen LogP contribution in [0.5, 0.6) is 0 Å². The summed E-state index contributed by atoms with van der Waals surface area (Å²) in [6.45, 7) is 2.17.